The molecule has 0 aliphatic carbocycles. The van der Waals surface area contributed by atoms with Crippen molar-refractivity contribution in [3.05, 3.63) is 47.8 Å². The predicted molar refractivity (Wildman–Crippen MR) is 70.2 cm³/mol. The Morgan fingerprint density at radius 2 is 2.17 bits per heavy atom. The van der Waals surface area contributed by atoms with Gasteiger partial charge < -0.3 is 5.32 Å². The summed E-state index contributed by atoms with van der Waals surface area (Å²) in [5, 5.41) is 11.8. The van der Waals surface area contributed by atoms with Crippen LogP contribution in [0.5, 0.6) is 0 Å². The van der Waals surface area contributed by atoms with E-state index in [1.807, 2.05) is 10.7 Å². The molecule has 3 rings (SSSR count). The standard InChI is InChI=1S/C14H18N4/c1-2-4-12(5-3-1)8-14-11-18(17-16-14)10-13-6-7-15-9-13/h1-5,11,13,15H,6-10H2. The Hall–Kier alpha value is -1.68. The lowest BCUT2D eigenvalue weighted by Gasteiger charge is -2.06. The second kappa shape index (κ2) is 5.31. The molecule has 0 spiro atoms. The number of rotatable bonds is 4. The van der Waals surface area contributed by atoms with Gasteiger partial charge >= 0.3 is 0 Å². The summed E-state index contributed by atoms with van der Waals surface area (Å²) in [6, 6.07) is 10.4. The number of benzene rings is 1. The third-order valence-electron chi connectivity index (χ3n) is 3.42. The van der Waals surface area contributed by atoms with E-state index in [0.29, 0.717) is 5.92 Å². The Morgan fingerprint density at radius 1 is 1.28 bits per heavy atom. The van der Waals surface area contributed by atoms with Crippen LogP contribution in [0, 0.1) is 5.92 Å². The Bertz CT molecular complexity index is 486. The Labute approximate surface area is 107 Å². The van der Waals surface area contributed by atoms with Crippen molar-refractivity contribution < 1.29 is 0 Å². The van der Waals surface area contributed by atoms with Gasteiger partial charge in [-0.1, -0.05) is 35.5 Å². The molecule has 1 aliphatic heterocycles. The molecule has 1 atom stereocenters. The van der Waals surface area contributed by atoms with Gasteiger partial charge in [0.25, 0.3) is 0 Å². The van der Waals surface area contributed by atoms with Crippen LogP contribution < -0.4 is 5.32 Å². The van der Waals surface area contributed by atoms with Gasteiger partial charge in [0, 0.05) is 19.2 Å². The van der Waals surface area contributed by atoms with E-state index in [9.17, 15) is 0 Å². The van der Waals surface area contributed by atoms with Crippen LogP contribution in [0.3, 0.4) is 0 Å². The highest BCUT2D eigenvalue weighted by atomic mass is 15.4. The molecule has 1 unspecified atom stereocenters. The fourth-order valence-electron chi connectivity index (χ4n) is 2.45. The molecular weight excluding hydrogens is 224 g/mol. The molecule has 1 aliphatic rings. The zero-order chi connectivity index (χ0) is 12.2. The first-order chi connectivity index (χ1) is 8.90. The summed E-state index contributed by atoms with van der Waals surface area (Å²) in [5.41, 5.74) is 2.33. The van der Waals surface area contributed by atoms with Crippen LogP contribution in [0.1, 0.15) is 17.7 Å². The first-order valence-electron chi connectivity index (χ1n) is 6.54. The lowest BCUT2D eigenvalue weighted by molar-refractivity contribution is 0.441. The molecule has 1 fully saturated rings. The van der Waals surface area contributed by atoms with Crippen LogP contribution in [-0.2, 0) is 13.0 Å². The van der Waals surface area contributed by atoms with Gasteiger partial charge in [0.2, 0.25) is 0 Å². The Kier molecular flexibility index (Phi) is 3.37. The van der Waals surface area contributed by atoms with Gasteiger partial charge in [0.05, 0.1) is 5.69 Å². The van der Waals surface area contributed by atoms with E-state index in [0.717, 1.165) is 31.7 Å². The first kappa shape index (κ1) is 11.4. The number of hydrogen-bond donors (Lipinski definition) is 1. The minimum atomic E-state index is 0.705. The SMILES string of the molecule is c1ccc(Cc2cn(CC3CCNC3)nn2)cc1. The fraction of sp³-hybridized carbons (Fsp3) is 0.429. The quantitative estimate of drug-likeness (QED) is 0.883. The molecule has 2 heterocycles. The summed E-state index contributed by atoms with van der Waals surface area (Å²) >= 11 is 0. The van der Waals surface area contributed by atoms with Crippen LogP contribution in [0.25, 0.3) is 0 Å². The van der Waals surface area contributed by atoms with Gasteiger partial charge in [-0.2, -0.15) is 0 Å². The van der Waals surface area contributed by atoms with Crippen molar-refractivity contribution in [3.63, 3.8) is 0 Å². The Balaban J connectivity index is 1.62. The van der Waals surface area contributed by atoms with Crippen molar-refractivity contribution in [2.24, 2.45) is 5.92 Å². The largest absolute Gasteiger partial charge is 0.316 e. The van der Waals surface area contributed by atoms with Gasteiger partial charge in [-0.25, -0.2) is 0 Å². The molecule has 2 aromatic rings. The van der Waals surface area contributed by atoms with E-state index < -0.39 is 0 Å². The molecule has 1 aromatic carbocycles. The van der Waals surface area contributed by atoms with Gasteiger partial charge in [0.15, 0.2) is 0 Å². The number of nitrogens with one attached hydrogen (secondary N) is 1. The predicted octanol–water partition coefficient (Wildman–Crippen LogP) is 1.48. The van der Waals surface area contributed by atoms with Crippen molar-refractivity contribution in [1.82, 2.24) is 20.3 Å². The highest BCUT2D eigenvalue weighted by molar-refractivity contribution is 5.19. The Morgan fingerprint density at radius 3 is 2.94 bits per heavy atom. The second-order valence-electron chi connectivity index (χ2n) is 4.95. The van der Waals surface area contributed by atoms with E-state index in [-0.39, 0.29) is 0 Å². The molecule has 1 N–H and O–H groups in total. The maximum Gasteiger partial charge on any atom is 0.0870 e. The summed E-state index contributed by atoms with van der Waals surface area (Å²) in [5.74, 6) is 0.705. The number of nitrogens with zero attached hydrogens (tertiary/aromatic N) is 3. The van der Waals surface area contributed by atoms with Crippen LogP contribution in [0.15, 0.2) is 36.5 Å². The maximum atomic E-state index is 4.25. The lowest BCUT2D eigenvalue weighted by atomic mass is 10.1. The summed E-state index contributed by atoms with van der Waals surface area (Å²) in [4.78, 5) is 0. The third-order valence-corrected chi connectivity index (χ3v) is 3.42. The lowest BCUT2D eigenvalue weighted by Crippen LogP contribution is -2.14. The molecule has 94 valence electrons. The van der Waals surface area contributed by atoms with E-state index in [1.165, 1.54) is 12.0 Å². The normalized spacial score (nSPS) is 19.2. The summed E-state index contributed by atoms with van der Waals surface area (Å²) in [6.45, 7) is 3.22. The molecule has 18 heavy (non-hydrogen) atoms. The molecule has 0 radical (unpaired) electrons. The summed E-state index contributed by atoms with van der Waals surface area (Å²) in [6.07, 6.45) is 4.18. The summed E-state index contributed by atoms with van der Waals surface area (Å²) in [7, 11) is 0. The molecule has 1 aromatic heterocycles. The maximum absolute atomic E-state index is 4.25. The monoisotopic (exact) mass is 242 g/mol. The van der Waals surface area contributed by atoms with Gasteiger partial charge in [0.1, 0.15) is 0 Å². The zero-order valence-corrected chi connectivity index (χ0v) is 10.4. The minimum Gasteiger partial charge on any atom is -0.316 e. The zero-order valence-electron chi connectivity index (χ0n) is 10.4. The molecule has 4 heteroatoms. The van der Waals surface area contributed by atoms with Crippen molar-refractivity contribution >= 4 is 0 Å². The van der Waals surface area contributed by atoms with Crippen molar-refractivity contribution in [2.75, 3.05) is 13.1 Å². The average Bonchev–Trinajstić information content (AvgIpc) is 3.03. The minimum absolute atomic E-state index is 0.705. The van der Waals surface area contributed by atoms with Crippen molar-refractivity contribution in [2.45, 2.75) is 19.4 Å². The molecule has 0 bridgehead atoms. The van der Waals surface area contributed by atoms with Gasteiger partial charge in [-0.3, -0.25) is 4.68 Å². The molecule has 4 nitrogen and oxygen atoms in total. The first-order valence-corrected chi connectivity index (χ1v) is 6.54. The highest BCUT2D eigenvalue weighted by Gasteiger charge is 2.15. The average molecular weight is 242 g/mol. The van der Waals surface area contributed by atoms with Crippen molar-refractivity contribution in [3.8, 4) is 0 Å². The van der Waals surface area contributed by atoms with Gasteiger partial charge in [-0.15, -0.1) is 5.10 Å². The van der Waals surface area contributed by atoms with E-state index in [2.05, 4.69) is 46.1 Å². The number of hydrogen-bond acceptors (Lipinski definition) is 3. The topological polar surface area (TPSA) is 42.7 Å². The molecule has 0 amide bonds. The number of aromatic nitrogens is 3. The van der Waals surface area contributed by atoms with Gasteiger partial charge in [-0.05, 0) is 31.0 Å². The van der Waals surface area contributed by atoms with E-state index >= 15 is 0 Å². The molecule has 1 saturated heterocycles. The highest BCUT2D eigenvalue weighted by Crippen LogP contribution is 2.11. The third kappa shape index (κ3) is 2.76. The van der Waals surface area contributed by atoms with Crippen LogP contribution in [0.2, 0.25) is 0 Å². The van der Waals surface area contributed by atoms with E-state index in [1.54, 1.807) is 0 Å². The smallest absolute Gasteiger partial charge is 0.0870 e. The van der Waals surface area contributed by atoms with Crippen LogP contribution >= 0.6 is 0 Å². The second-order valence-corrected chi connectivity index (χ2v) is 4.95. The molecular formula is C14H18N4. The fourth-order valence-corrected chi connectivity index (χ4v) is 2.45. The summed E-state index contributed by atoms with van der Waals surface area (Å²) < 4.78 is 1.98. The molecule has 0 saturated carbocycles. The van der Waals surface area contributed by atoms with Crippen LogP contribution in [-0.4, -0.2) is 28.1 Å². The van der Waals surface area contributed by atoms with Crippen LogP contribution in [0.4, 0.5) is 0 Å². The van der Waals surface area contributed by atoms with E-state index in [4.69, 9.17) is 0 Å². The van der Waals surface area contributed by atoms with Crippen molar-refractivity contribution in [1.29, 1.82) is 0 Å².